The molecule has 0 saturated carbocycles. The van der Waals surface area contributed by atoms with Crippen molar-refractivity contribution in [2.45, 2.75) is 58.9 Å². The lowest BCUT2D eigenvalue weighted by Gasteiger charge is -2.08. The van der Waals surface area contributed by atoms with E-state index in [2.05, 4.69) is 0 Å². The minimum Gasteiger partial charge on any atom is -0.494 e. The maximum atomic E-state index is 10.8. The highest BCUT2D eigenvalue weighted by Gasteiger charge is 2.15. The molecule has 102 valence electrons. The van der Waals surface area contributed by atoms with E-state index in [4.69, 9.17) is 0 Å². The summed E-state index contributed by atoms with van der Waals surface area (Å²) in [4.78, 5) is 10.8. The summed E-state index contributed by atoms with van der Waals surface area (Å²) in [5.74, 6) is 0.676. The molecule has 0 bridgehead atoms. The van der Waals surface area contributed by atoms with Crippen molar-refractivity contribution in [1.29, 1.82) is 0 Å². The molecule has 0 aliphatic carbocycles. The monoisotopic (exact) mass is 253 g/mol. The lowest BCUT2D eigenvalue weighted by Crippen LogP contribution is -1.98. The van der Waals surface area contributed by atoms with Crippen LogP contribution in [0.5, 0.6) is 11.8 Å². The number of Topliss-reactive ketones (excluding diaryl/α,β-unsaturated/α-hetero) is 1. The van der Waals surface area contributed by atoms with Crippen molar-refractivity contribution >= 4 is 5.78 Å². The van der Waals surface area contributed by atoms with Crippen molar-refractivity contribution in [3.05, 3.63) is 11.6 Å². The average molecular weight is 253 g/mol. The number of hydrogen-bond acceptors (Lipinski definition) is 3. The molecular formula is C14H23NO3. The van der Waals surface area contributed by atoms with Gasteiger partial charge in [-0.15, -0.1) is 0 Å². The maximum Gasteiger partial charge on any atom is 0.197 e. The Morgan fingerprint density at radius 1 is 1.28 bits per heavy atom. The Bertz CT molecular complexity index is 407. The minimum atomic E-state index is 0.114. The van der Waals surface area contributed by atoms with Gasteiger partial charge in [0.05, 0.1) is 0 Å². The number of aromatic hydroxyl groups is 2. The number of carbonyl (C=O) groups excluding carboxylic acids is 1. The molecule has 0 amide bonds. The molecule has 0 fully saturated rings. The Morgan fingerprint density at radius 2 is 1.94 bits per heavy atom. The van der Waals surface area contributed by atoms with Gasteiger partial charge in [0.2, 0.25) is 0 Å². The molecule has 1 aromatic heterocycles. The molecule has 0 saturated heterocycles. The Morgan fingerprint density at radius 3 is 2.44 bits per heavy atom. The van der Waals surface area contributed by atoms with E-state index in [9.17, 15) is 15.0 Å². The van der Waals surface area contributed by atoms with Crippen LogP contribution < -0.4 is 0 Å². The minimum absolute atomic E-state index is 0.114. The first kappa shape index (κ1) is 14.6. The molecule has 0 atom stereocenters. The van der Waals surface area contributed by atoms with Gasteiger partial charge in [-0.1, -0.05) is 20.3 Å². The smallest absolute Gasteiger partial charge is 0.197 e. The first-order valence-electron chi connectivity index (χ1n) is 6.54. The van der Waals surface area contributed by atoms with Crippen LogP contribution in [0.2, 0.25) is 0 Å². The van der Waals surface area contributed by atoms with Gasteiger partial charge in [-0.05, 0) is 25.7 Å². The van der Waals surface area contributed by atoms with Gasteiger partial charge < -0.3 is 15.0 Å². The molecule has 0 aliphatic rings. The third kappa shape index (κ3) is 3.79. The van der Waals surface area contributed by atoms with E-state index in [0.717, 1.165) is 24.8 Å². The second-order valence-electron chi connectivity index (χ2n) is 5.10. The van der Waals surface area contributed by atoms with Gasteiger partial charge in [-0.3, -0.25) is 4.57 Å². The van der Waals surface area contributed by atoms with E-state index in [1.807, 2.05) is 13.8 Å². The highest BCUT2D eigenvalue weighted by molar-refractivity contribution is 5.75. The maximum absolute atomic E-state index is 10.8. The first-order chi connectivity index (χ1) is 8.43. The summed E-state index contributed by atoms with van der Waals surface area (Å²) in [5.41, 5.74) is 0.774. The van der Waals surface area contributed by atoms with E-state index < -0.39 is 0 Å². The van der Waals surface area contributed by atoms with Crippen LogP contribution in [0.25, 0.3) is 0 Å². The van der Waals surface area contributed by atoms with Gasteiger partial charge >= 0.3 is 0 Å². The third-order valence-electron chi connectivity index (χ3n) is 3.11. The molecule has 0 radical (unpaired) electrons. The van der Waals surface area contributed by atoms with Gasteiger partial charge in [0.1, 0.15) is 5.78 Å². The first-order valence-corrected chi connectivity index (χ1v) is 6.54. The van der Waals surface area contributed by atoms with Gasteiger partial charge in [-0.25, -0.2) is 0 Å². The van der Waals surface area contributed by atoms with Crippen LogP contribution in [-0.4, -0.2) is 20.6 Å². The van der Waals surface area contributed by atoms with Gasteiger partial charge in [-0.2, -0.15) is 0 Å². The molecule has 18 heavy (non-hydrogen) atoms. The molecule has 2 N–H and O–H groups in total. The fraction of sp³-hybridized carbons (Fsp3) is 0.643. The summed E-state index contributed by atoms with van der Waals surface area (Å²) in [6.45, 7) is 6.14. The second kappa shape index (κ2) is 6.47. The number of rotatable bonds is 7. The second-order valence-corrected chi connectivity index (χ2v) is 5.10. The summed E-state index contributed by atoms with van der Waals surface area (Å²) in [7, 11) is 0. The fourth-order valence-electron chi connectivity index (χ4n) is 2.01. The van der Waals surface area contributed by atoms with E-state index >= 15 is 0 Å². The molecule has 0 spiro atoms. The van der Waals surface area contributed by atoms with E-state index in [1.54, 1.807) is 13.0 Å². The predicted molar refractivity (Wildman–Crippen MR) is 71.0 cm³/mol. The van der Waals surface area contributed by atoms with Crippen molar-refractivity contribution in [2.24, 2.45) is 0 Å². The summed E-state index contributed by atoms with van der Waals surface area (Å²) < 4.78 is 1.53. The van der Waals surface area contributed by atoms with Crippen LogP contribution in [0.15, 0.2) is 6.07 Å². The normalized spacial score (nSPS) is 11.1. The molecule has 1 rings (SSSR count). The number of nitrogens with zero attached hydrogens (tertiary/aromatic N) is 1. The Labute approximate surface area is 108 Å². The van der Waals surface area contributed by atoms with Crippen molar-refractivity contribution in [2.75, 3.05) is 0 Å². The zero-order valence-electron chi connectivity index (χ0n) is 11.4. The molecule has 1 aromatic rings. The van der Waals surface area contributed by atoms with Crippen molar-refractivity contribution in [3.8, 4) is 11.8 Å². The highest BCUT2D eigenvalue weighted by atomic mass is 16.3. The quantitative estimate of drug-likeness (QED) is 0.734. The molecule has 0 unspecified atom stereocenters. The van der Waals surface area contributed by atoms with Gasteiger partial charge in [0.25, 0.3) is 0 Å². The van der Waals surface area contributed by atoms with E-state index in [1.165, 1.54) is 4.57 Å². The highest BCUT2D eigenvalue weighted by Crippen LogP contribution is 2.33. The summed E-state index contributed by atoms with van der Waals surface area (Å²) in [6, 6.07) is 1.62. The lowest BCUT2D eigenvalue weighted by atomic mass is 10.1. The molecule has 4 nitrogen and oxygen atoms in total. The van der Waals surface area contributed by atoms with Crippen LogP contribution in [0.3, 0.4) is 0 Å². The molecule has 1 heterocycles. The molecule has 4 heteroatoms. The lowest BCUT2D eigenvalue weighted by molar-refractivity contribution is -0.117. The number of hydrogen-bond donors (Lipinski definition) is 2. The predicted octanol–water partition coefficient (Wildman–Crippen LogP) is 3.17. The topological polar surface area (TPSA) is 62.5 Å². The molecule has 0 aliphatic heterocycles. The number of ketones is 1. The summed E-state index contributed by atoms with van der Waals surface area (Å²) in [6.07, 6.45) is 3.25. The molecule has 0 aromatic carbocycles. The zero-order valence-corrected chi connectivity index (χ0v) is 11.4. The van der Waals surface area contributed by atoms with Crippen molar-refractivity contribution in [1.82, 2.24) is 4.57 Å². The summed E-state index contributed by atoms with van der Waals surface area (Å²) >= 11 is 0. The number of aromatic nitrogens is 1. The Kier molecular flexibility index (Phi) is 5.25. The van der Waals surface area contributed by atoms with Crippen molar-refractivity contribution < 1.29 is 15.0 Å². The zero-order chi connectivity index (χ0) is 13.7. The Hall–Kier alpha value is -1.45. The van der Waals surface area contributed by atoms with Crippen LogP contribution in [0, 0.1) is 0 Å². The average Bonchev–Trinajstić information content (AvgIpc) is 2.55. The Balaban J connectivity index is 2.50. The SMILES string of the molecule is CC(=O)CCCCCn1c(O)cc(C(C)C)c1O. The van der Waals surface area contributed by atoms with E-state index in [0.29, 0.717) is 13.0 Å². The van der Waals surface area contributed by atoms with Crippen LogP contribution >= 0.6 is 0 Å². The van der Waals surface area contributed by atoms with Crippen LogP contribution in [0.4, 0.5) is 0 Å². The standard InChI is InChI=1S/C14H23NO3/c1-10(2)12-9-13(17)15(14(12)18)8-6-4-5-7-11(3)16/h9-10,17-18H,4-8H2,1-3H3. The fourth-order valence-corrected chi connectivity index (χ4v) is 2.01. The van der Waals surface area contributed by atoms with Gasteiger partial charge in [0, 0.05) is 24.6 Å². The van der Waals surface area contributed by atoms with Crippen LogP contribution in [0.1, 0.15) is 57.9 Å². The summed E-state index contributed by atoms with van der Waals surface area (Å²) in [5, 5.41) is 19.7. The van der Waals surface area contributed by atoms with E-state index in [-0.39, 0.29) is 23.5 Å². The molecular weight excluding hydrogens is 230 g/mol. The third-order valence-corrected chi connectivity index (χ3v) is 3.11. The van der Waals surface area contributed by atoms with Crippen molar-refractivity contribution in [3.63, 3.8) is 0 Å². The van der Waals surface area contributed by atoms with Crippen LogP contribution in [-0.2, 0) is 11.3 Å². The number of carbonyl (C=O) groups is 1. The largest absolute Gasteiger partial charge is 0.494 e. The van der Waals surface area contributed by atoms with Gasteiger partial charge in [0.15, 0.2) is 11.8 Å². The number of unbranched alkanes of at least 4 members (excludes halogenated alkanes) is 2.